The molecule has 3 nitrogen and oxygen atoms in total. The van der Waals surface area contributed by atoms with Gasteiger partial charge in [0.15, 0.2) is 0 Å². The molecule has 1 aromatic heterocycles. The van der Waals surface area contributed by atoms with Crippen molar-refractivity contribution in [1.82, 2.24) is 15.0 Å². The van der Waals surface area contributed by atoms with E-state index in [0.717, 1.165) is 22.4 Å². The van der Waals surface area contributed by atoms with Crippen LogP contribution in [0.1, 0.15) is 0 Å². The normalized spacial score (nSPS) is 11.1. The Bertz CT molecular complexity index is 480. The van der Waals surface area contributed by atoms with Crippen molar-refractivity contribution in [1.29, 1.82) is 0 Å². The molecule has 0 fully saturated rings. The molecule has 3 rings (SSSR count). The molecule has 62 valence electrons. The lowest BCUT2D eigenvalue weighted by molar-refractivity contribution is 1.28. The van der Waals surface area contributed by atoms with Crippen LogP contribution in [0.5, 0.6) is 0 Å². The molecule has 13 heavy (non-hydrogen) atoms. The van der Waals surface area contributed by atoms with E-state index in [0.29, 0.717) is 0 Å². The molecule has 1 N–H and O–H groups in total. The van der Waals surface area contributed by atoms with E-state index in [1.54, 1.807) is 12.4 Å². The minimum atomic E-state index is 0.906. The fraction of sp³-hybridized carbons (Fsp3) is 0. The van der Waals surface area contributed by atoms with Crippen LogP contribution in [0.15, 0.2) is 36.7 Å². The van der Waals surface area contributed by atoms with E-state index < -0.39 is 0 Å². The summed E-state index contributed by atoms with van der Waals surface area (Å²) >= 11 is 0. The summed E-state index contributed by atoms with van der Waals surface area (Å²) in [6.07, 6.45) is 3.57. The van der Waals surface area contributed by atoms with Gasteiger partial charge in [-0.15, -0.1) is 0 Å². The van der Waals surface area contributed by atoms with Crippen molar-refractivity contribution in [2.75, 3.05) is 0 Å². The van der Waals surface area contributed by atoms with Crippen LogP contribution in [-0.4, -0.2) is 15.0 Å². The number of fused-ring (bicyclic) bond motifs is 2. The molecule has 2 aliphatic heterocycles. The fourth-order valence-corrected chi connectivity index (χ4v) is 1.48. The lowest BCUT2D eigenvalue weighted by Crippen LogP contribution is -1.87. The van der Waals surface area contributed by atoms with Crippen molar-refractivity contribution < 1.29 is 0 Å². The van der Waals surface area contributed by atoms with Gasteiger partial charge in [-0.25, -0.2) is 4.98 Å². The second kappa shape index (κ2) is 2.29. The average Bonchev–Trinajstić information content (AvgIpc) is 2.61. The standard InChI is InChI=1S/C10H7N3/c1-2-7-6-9-8(3-5-11-9)13-10(7)12-4-1/h1-6H,(H,12,13). The van der Waals surface area contributed by atoms with Crippen LogP contribution < -0.4 is 0 Å². The highest BCUT2D eigenvalue weighted by Gasteiger charge is 2.04. The number of H-pyrrole nitrogens is 1. The molecule has 0 spiro atoms. The third-order valence-electron chi connectivity index (χ3n) is 2.11. The predicted molar refractivity (Wildman–Crippen MR) is 50.5 cm³/mol. The minimum Gasteiger partial charge on any atom is -0.338 e. The summed E-state index contributed by atoms with van der Waals surface area (Å²) in [4.78, 5) is 11.7. The number of nitrogens with one attached hydrogen (secondary N) is 1. The number of aromatic nitrogens is 3. The van der Waals surface area contributed by atoms with Crippen molar-refractivity contribution in [2.24, 2.45) is 0 Å². The van der Waals surface area contributed by atoms with Gasteiger partial charge >= 0.3 is 0 Å². The first-order valence-corrected chi connectivity index (χ1v) is 4.12. The van der Waals surface area contributed by atoms with E-state index in [2.05, 4.69) is 15.0 Å². The van der Waals surface area contributed by atoms with Crippen LogP contribution in [0.4, 0.5) is 0 Å². The summed E-state index contributed by atoms with van der Waals surface area (Å²) < 4.78 is 0. The monoisotopic (exact) mass is 169 g/mol. The summed E-state index contributed by atoms with van der Waals surface area (Å²) in [5.74, 6) is 0. The molecule has 0 radical (unpaired) electrons. The number of aromatic amines is 1. The Balaban J connectivity index is 2.52. The molecule has 0 saturated carbocycles. The van der Waals surface area contributed by atoms with Gasteiger partial charge in [0.2, 0.25) is 0 Å². The summed E-state index contributed by atoms with van der Waals surface area (Å²) in [6, 6.07) is 7.93. The molecule has 2 aliphatic rings. The number of pyridine rings is 2. The van der Waals surface area contributed by atoms with Gasteiger partial charge in [0.1, 0.15) is 5.65 Å². The van der Waals surface area contributed by atoms with Crippen LogP contribution in [0.2, 0.25) is 0 Å². The summed E-state index contributed by atoms with van der Waals surface area (Å²) in [7, 11) is 0. The molecular weight excluding hydrogens is 162 g/mol. The van der Waals surface area contributed by atoms with Crippen molar-refractivity contribution >= 4 is 11.0 Å². The lowest BCUT2D eigenvalue weighted by atomic mass is 10.2. The van der Waals surface area contributed by atoms with Crippen molar-refractivity contribution in [3.63, 3.8) is 0 Å². The van der Waals surface area contributed by atoms with E-state index >= 15 is 0 Å². The Kier molecular flexibility index (Phi) is 1.16. The van der Waals surface area contributed by atoms with Crippen LogP contribution in [-0.2, 0) is 0 Å². The van der Waals surface area contributed by atoms with Crippen LogP contribution in [0.3, 0.4) is 0 Å². The lowest BCUT2D eigenvalue weighted by Gasteiger charge is -2.00. The highest BCUT2D eigenvalue weighted by Crippen LogP contribution is 2.21. The number of hydrogen-bond donors (Lipinski definition) is 1. The van der Waals surface area contributed by atoms with Gasteiger partial charge in [-0.3, -0.25) is 4.98 Å². The Morgan fingerprint density at radius 1 is 1.08 bits per heavy atom. The van der Waals surface area contributed by atoms with Gasteiger partial charge in [0, 0.05) is 17.8 Å². The number of hydrogen-bond acceptors (Lipinski definition) is 2. The maximum Gasteiger partial charge on any atom is 0.137 e. The van der Waals surface area contributed by atoms with E-state index in [1.807, 2.05) is 24.3 Å². The highest BCUT2D eigenvalue weighted by atomic mass is 14.9. The molecule has 0 amide bonds. The maximum atomic E-state index is 4.23. The zero-order chi connectivity index (χ0) is 8.67. The number of nitrogens with zero attached hydrogens (tertiary/aromatic N) is 2. The Hall–Kier alpha value is -1.90. The largest absolute Gasteiger partial charge is 0.338 e. The highest BCUT2D eigenvalue weighted by molar-refractivity contribution is 5.81. The average molecular weight is 169 g/mol. The third kappa shape index (κ3) is 0.902. The fourth-order valence-electron chi connectivity index (χ4n) is 1.48. The van der Waals surface area contributed by atoms with Crippen molar-refractivity contribution in [2.45, 2.75) is 0 Å². The van der Waals surface area contributed by atoms with Crippen molar-refractivity contribution in [3.05, 3.63) is 36.7 Å². The second-order valence-electron chi connectivity index (χ2n) is 2.95. The van der Waals surface area contributed by atoms with E-state index in [1.165, 1.54) is 0 Å². The third-order valence-corrected chi connectivity index (χ3v) is 2.11. The van der Waals surface area contributed by atoms with Gasteiger partial charge in [0.25, 0.3) is 0 Å². The molecule has 0 atom stereocenters. The van der Waals surface area contributed by atoms with Crippen LogP contribution in [0.25, 0.3) is 22.4 Å². The Morgan fingerprint density at radius 2 is 2.08 bits per heavy atom. The Morgan fingerprint density at radius 3 is 3.08 bits per heavy atom. The molecule has 0 bridgehead atoms. The molecular formula is C10H7N3. The predicted octanol–water partition coefficient (Wildman–Crippen LogP) is 2.06. The molecule has 1 aromatic rings. The SMILES string of the molecule is c1cnc2[nH]c3ccnc-3cc2c1. The minimum absolute atomic E-state index is 0.906. The van der Waals surface area contributed by atoms with E-state index in [4.69, 9.17) is 0 Å². The van der Waals surface area contributed by atoms with Crippen LogP contribution >= 0.6 is 0 Å². The molecule has 0 aromatic carbocycles. The summed E-state index contributed by atoms with van der Waals surface area (Å²) in [5.41, 5.74) is 2.93. The van der Waals surface area contributed by atoms with Crippen LogP contribution in [0, 0.1) is 0 Å². The van der Waals surface area contributed by atoms with Gasteiger partial charge in [-0.1, -0.05) is 0 Å². The first-order chi connectivity index (χ1) is 6.43. The molecule has 3 heterocycles. The van der Waals surface area contributed by atoms with Gasteiger partial charge in [-0.2, -0.15) is 0 Å². The second-order valence-corrected chi connectivity index (χ2v) is 2.95. The molecule has 0 unspecified atom stereocenters. The van der Waals surface area contributed by atoms with E-state index in [-0.39, 0.29) is 0 Å². The smallest absolute Gasteiger partial charge is 0.137 e. The van der Waals surface area contributed by atoms with Gasteiger partial charge in [-0.05, 0) is 24.3 Å². The van der Waals surface area contributed by atoms with Gasteiger partial charge < -0.3 is 4.98 Å². The zero-order valence-corrected chi connectivity index (χ0v) is 6.86. The van der Waals surface area contributed by atoms with E-state index in [9.17, 15) is 0 Å². The van der Waals surface area contributed by atoms with Crippen molar-refractivity contribution in [3.8, 4) is 11.4 Å². The number of rotatable bonds is 0. The quantitative estimate of drug-likeness (QED) is 0.559. The topological polar surface area (TPSA) is 41.6 Å². The molecule has 3 heteroatoms. The first kappa shape index (κ1) is 6.60. The molecule has 0 aliphatic carbocycles. The van der Waals surface area contributed by atoms with Gasteiger partial charge in [0.05, 0.1) is 11.4 Å². The Labute approximate surface area is 74.8 Å². The maximum absolute atomic E-state index is 4.23. The molecule has 0 saturated heterocycles. The summed E-state index contributed by atoms with van der Waals surface area (Å²) in [6.45, 7) is 0. The zero-order valence-electron chi connectivity index (χ0n) is 6.86. The summed E-state index contributed by atoms with van der Waals surface area (Å²) in [5, 5.41) is 1.09. The first-order valence-electron chi connectivity index (χ1n) is 4.12.